The first-order chi connectivity index (χ1) is 7.86. The van der Waals surface area contributed by atoms with Gasteiger partial charge in [-0.2, -0.15) is 0 Å². The van der Waals surface area contributed by atoms with Crippen molar-refractivity contribution in [3.8, 4) is 0 Å². The third-order valence-electron chi connectivity index (χ3n) is 2.96. The van der Waals surface area contributed by atoms with Crippen molar-refractivity contribution in [1.29, 1.82) is 0 Å². The number of allylic oxidation sites excluding steroid dienone is 6. The zero-order valence-corrected chi connectivity index (χ0v) is 9.77. The van der Waals surface area contributed by atoms with Crippen molar-refractivity contribution in [3.05, 3.63) is 71.8 Å². The van der Waals surface area contributed by atoms with Gasteiger partial charge in [-0.05, 0) is 29.9 Å². The Bertz CT molecular complexity index is 407. The second-order valence-corrected chi connectivity index (χ2v) is 4.32. The fourth-order valence-electron chi connectivity index (χ4n) is 2.01. The molecule has 82 valence electrons. The highest BCUT2D eigenvalue weighted by Crippen LogP contribution is 2.19. The van der Waals surface area contributed by atoms with Gasteiger partial charge in [0.25, 0.3) is 0 Å². The molecule has 1 atom stereocenters. The number of hydrogen-bond donors (Lipinski definition) is 0. The Kier molecular flexibility index (Phi) is 3.76. The van der Waals surface area contributed by atoms with Gasteiger partial charge in [-0.1, -0.05) is 67.6 Å². The predicted octanol–water partition coefficient (Wildman–Crippen LogP) is 4.31. The smallest absolute Gasteiger partial charge is 0.0150 e. The van der Waals surface area contributed by atoms with E-state index in [0.717, 1.165) is 12.8 Å². The van der Waals surface area contributed by atoms with Crippen molar-refractivity contribution in [1.82, 2.24) is 0 Å². The van der Waals surface area contributed by atoms with E-state index < -0.39 is 0 Å². The summed E-state index contributed by atoms with van der Waals surface area (Å²) in [4.78, 5) is 0. The van der Waals surface area contributed by atoms with Gasteiger partial charge in [0.15, 0.2) is 0 Å². The minimum absolute atomic E-state index is 0.585. The van der Waals surface area contributed by atoms with Gasteiger partial charge in [0, 0.05) is 0 Å². The zero-order chi connectivity index (χ0) is 11.2. The lowest BCUT2D eigenvalue weighted by Gasteiger charge is -2.12. The first-order valence-corrected chi connectivity index (χ1v) is 5.93. The summed E-state index contributed by atoms with van der Waals surface area (Å²) in [5, 5.41) is 0. The molecular formula is C16H18. The summed E-state index contributed by atoms with van der Waals surface area (Å²) in [5.41, 5.74) is 2.84. The SMILES string of the molecule is CC(Cc1ccccc1)C1=CC=CCC=C1. The van der Waals surface area contributed by atoms with E-state index in [-0.39, 0.29) is 0 Å². The first-order valence-electron chi connectivity index (χ1n) is 5.93. The minimum Gasteiger partial charge on any atom is -0.0807 e. The highest BCUT2D eigenvalue weighted by molar-refractivity contribution is 5.30. The summed E-state index contributed by atoms with van der Waals surface area (Å²) in [7, 11) is 0. The summed E-state index contributed by atoms with van der Waals surface area (Å²) in [6, 6.07) is 10.7. The Labute approximate surface area is 98.0 Å². The second kappa shape index (κ2) is 5.50. The Hall–Kier alpha value is -1.56. The molecule has 0 amide bonds. The molecule has 0 heteroatoms. The predicted molar refractivity (Wildman–Crippen MR) is 70.3 cm³/mol. The number of benzene rings is 1. The van der Waals surface area contributed by atoms with Crippen LogP contribution in [0.4, 0.5) is 0 Å². The van der Waals surface area contributed by atoms with Crippen LogP contribution in [0.2, 0.25) is 0 Å². The quantitative estimate of drug-likeness (QED) is 0.697. The molecule has 0 radical (unpaired) electrons. The first kappa shape index (κ1) is 10.9. The molecule has 0 heterocycles. The van der Waals surface area contributed by atoms with Gasteiger partial charge in [0.05, 0.1) is 0 Å². The Morgan fingerprint density at radius 2 is 1.94 bits per heavy atom. The average Bonchev–Trinajstić information content (AvgIpc) is 2.59. The topological polar surface area (TPSA) is 0 Å². The summed E-state index contributed by atoms with van der Waals surface area (Å²) in [5.74, 6) is 0.585. The van der Waals surface area contributed by atoms with Gasteiger partial charge in [-0.3, -0.25) is 0 Å². The van der Waals surface area contributed by atoms with Crippen LogP contribution >= 0.6 is 0 Å². The summed E-state index contributed by atoms with van der Waals surface area (Å²) >= 11 is 0. The highest BCUT2D eigenvalue weighted by atomic mass is 14.1. The molecule has 0 saturated carbocycles. The maximum atomic E-state index is 2.29. The molecule has 0 bridgehead atoms. The molecule has 1 unspecified atom stereocenters. The van der Waals surface area contributed by atoms with Gasteiger partial charge in [-0.15, -0.1) is 0 Å². The van der Waals surface area contributed by atoms with E-state index in [9.17, 15) is 0 Å². The van der Waals surface area contributed by atoms with Crippen molar-refractivity contribution >= 4 is 0 Å². The molecule has 0 aliphatic heterocycles. The van der Waals surface area contributed by atoms with Crippen LogP contribution in [0.1, 0.15) is 18.9 Å². The van der Waals surface area contributed by atoms with Gasteiger partial charge in [0.1, 0.15) is 0 Å². The van der Waals surface area contributed by atoms with Crippen LogP contribution < -0.4 is 0 Å². The van der Waals surface area contributed by atoms with Crippen molar-refractivity contribution in [2.75, 3.05) is 0 Å². The Balaban J connectivity index is 2.05. The fraction of sp³-hybridized carbons (Fsp3) is 0.250. The molecule has 0 spiro atoms. The molecule has 1 aliphatic carbocycles. The lowest BCUT2D eigenvalue weighted by Crippen LogP contribution is -2.01. The third kappa shape index (κ3) is 2.96. The highest BCUT2D eigenvalue weighted by Gasteiger charge is 2.07. The average molecular weight is 210 g/mol. The van der Waals surface area contributed by atoms with Gasteiger partial charge in [-0.25, -0.2) is 0 Å². The van der Waals surface area contributed by atoms with Gasteiger partial charge < -0.3 is 0 Å². The monoisotopic (exact) mass is 210 g/mol. The standard InChI is InChI=1S/C16H18/c1-14(13-15-9-5-4-6-10-15)16-11-7-2-3-8-12-16/h2,4-12,14H,3,13H2,1H3. The molecule has 1 aromatic rings. The molecule has 1 aliphatic rings. The van der Waals surface area contributed by atoms with E-state index in [4.69, 9.17) is 0 Å². The number of rotatable bonds is 3. The van der Waals surface area contributed by atoms with E-state index >= 15 is 0 Å². The van der Waals surface area contributed by atoms with E-state index in [2.05, 4.69) is 67.6 Å². The second-order valence-electron chi connectivity index (χ2n) is 4.32. The fourth-order valence-corrected chi connectivity index (χ4v) is 2.01. The van der Waals surface area contributed by atoms with Crippen LogP contribution in [0.3, 0.4) is 0 Å². The molecule has 0 nitrogen and oxygen atoms in total. The van der Waals surface area contributed by atoms with Gasteiger partial charge in [0.2, 0.25) is 0 Å². The maximum absolute atomic E-state index is 2.29. The van der Waals surface area contributed by atoms with Crippen molar-refractivity contribution < 1.29 is 0 Å². The lowest BCUT2D eigenvalue weighted by atomic mass is 9.93. The summed E-state index contributed by atoms with van der Waals surface area (Å²) in [6.07, 6.45) is 13.3. The van der Waals surface area contributed by atoms with E-state index in [0.29, 0.717) is 5.92 Å². The van der Waals surface area contributed by atoms with Crippen LogP contribution in [0.15, 0.2) is 66.3 Å². The summed E-state index contributed by atoms with van der Waals surface area (Å²) in [6.45, 7) is 2.29. The van der Waals surface area contributed by atoms with E-state index in [1.54, 1.807) is 0 Å². The lowest BCUT2D eigenvalue weighted by molar-refractivity contribution is 0.694. The Morgan fingerprint density at radius 3 is 2.75 bits per heavy atom. The van der Waals surface area contributed by atoms with Crippen LogP contribution in [0.5, 0.6) is 0 Å². The van der Waals surface area contributed by atoms with Crippen molar-refractivity contribution in [3.63, 3.8) is 0 Å². The van der Waals surface area contributed by atoms with Crippen LogP contribution in [-0.4, -0.2) is 0 Å². The molecule has 1 aromatic carbocycles. The molecule has 0 saturated heterocycles. The van der Waals surface area contributed by atoms with Gasteiger partial charge >= 0.3 is 0 Å². The molecule has 16 heavy (non-hydrogen) atoms. The maximum Gasteiger partial charge on any atom is -0.0150 e. The molecule has 2 rings (SSSR count). The van der Waals surface area contributed by atoms with E-state index in [1.165, 1.54) is 11.1 Å². The molecular weight excluding hydrogens is 192 g/mol. The summed E-state index contributed by atoms with van der Waals surface area (Å²) < 4.78 is 0. The third-order valence-corrected chi connectivity index (χ3v) is 2.96. The zero-order valence-electron chi connectivity index (χ0n) is 9.77. The molecule has 0 N–H and O–H groups in total. The largest absolute Gasteiger partial charge is 0.0807 e. The van der Waals surface area contributed by atoms with Crippen LogP contribution in [-0.2, 0) is 6.42 Å². The molecule has 0 aromatic heterocycles. The van der Waals surface area contributed by atoms with E-state index in [1.807, 2.05) is 0 Å². The van der Waals surface area contributed by atoms with Crippen LogP contribution in [0.25, 0.3) is 0 Å². The number of hydrogen-bond acceptors (Lipinski definition) is 0. The Morgan fingerprint density at radius 1 is 1.12 bits per heavy atom. The minimum atomic E-state index is 0.585. The normalized spacial score (nSPS) is 16.7. The van der Waals surface area contributed by atoms with Crippen molar-refractivity contribution in [2.45, 2.75) is 19.8 Å². The van der Waals surface area contributed by atoms with Crippen LogP contribution in [0, 0.1) is 5.92 Å². The molecule has 0 fully saturated rings. The van der Waals surface area contributed by atoms with Crippen molar-refractivity contribution in [2.24, 2.45) is 5.92 Å².